The van der Waals surface area contributed by atoms with Crippen LogP contribution in [0.15, 0.2) is 36.4 Å². The minimum Gasteiger partial charge on any atom is -0.427 e. The zero-order valence-electron chi connectivity index (χ0n) is 12.8. The summed E-state index contributed by atoms with van der Waals surface area (Å²) >= 11 is 0. The number of fused-ring (bicyclic) bond motifs is 1. The zero-order valence-corrected chi connectivity index (χ0v) is 12.8. The van der Waals surface area contributed by atoms with Gasteiger partial charge in [0, 0.05) is 13.0 Å². The predicted octanol–water partition coefficient (Wildman–Crippen LogP) is 2.31. The lowest BCUT2D eigenvalue weighted by atomic mass is 9.63. The van der Waals surface area contributed by atoms with E-state index < -0.39 is 5.97 Å². The second kappa shape index (κ2) is 5.05. The van der Waals surface area contributed by atoms with Crippen molar-refractivity contribution in [2.45, 2.75) is 19.8 Å². The number of carbonyl (C=O) groups excluding carboxylic acids is 3. The number of benzene rings is 1. The summed E-state index contributed by atoms with van der Waals surface area (Å²) in [5.74, 6) is -0.472. The minimum atomic E-state index is -0.433. The number of ether oxygens (including phenoxy) is 1. The summed E-state index contributed by atoms with van der Waals surface area (Å²) in [4.78, 5) is 38.0. The van der Waals surface area contributed by atoms with E-state index in [9.17, 15) is 14.4 Å². The molecule has 5 heteroatoms. The van der Waals surface area contributed by atoms with E-state index in [4.69, 9.17) is 4.74 Å². The molecule has 4 aliphatic rings. The van der Waals surface area contributed by atoms with Crippen LogP contribution < -0.4 is 9.64 Å². The lowest BCUT2D eigenvalue weighted by molar-refractivity contribution is -0.132. The molecule has 1 heterocycles. The van der Waals surface area contributed by atoms with E-state index in [1.807, 2.05) is 0 Å². The van der Waals surface area contributed by atoms with Gasteiger partial charge < -0.3 is 4.74 Å². The molecule has 1 aliphatic heterocycles. The Bertz CT molecular complexity index is 706. The SMILES string of the molecule is CC(=O)Oc1cccc(N2C(=O)[C@H]3[C@H](C2=O)[C@H]2C=C[C@H]3CC2)c1. The molecule has 0 N–H and O–H groups in total. The summed E-state index contributed by atoms with van der Waals surface area (Å²) in [5.41, 5.74) is 0.479. The highest BCUT2D eigenvalue weighted by atomic mass is 16.5. The molecule has 1 aromatic rings. The van der Waals surface area contributed by atoms with Gasteiger partial charge >= 0.3 is 5.97 Å². The van der Waals surface area contributed by atoms with Crippen molar-refractivity contribution in [1.29, 1.82) is 0 Å². The summed E-state index contributed by atoms with van der Waals surface area (Å²) < 4.78 is 5.06. The van der Waals surface area contributed by atoms with Gasteiger partial charge in [-0.2, -0.15) is 0 Å². The summed E-state index contributed by atoms with van der Waals surface area (Å²) in [6.07, 6.45) is 6.14. The maximum absolute atomic E-state index is 12.8. The van der Waals surface area contributed by atoms with Crippen LogP contribution in [-0.2, 0) is 14.4 Å². The van der Waals surface area contributed by atoms with Crippen molar-refractivity contribution in [3.63, 3.8) is 0 Å². The van der Waals surface area contributed by atoms with Crippen LogP contribution in [0.4, 0.5) is 5.69 Å². The number of imide groups is 1. The highest BCUT2D eigenvalue weighted by molar-refractivity contribution is 6.22. The molecule has 4 atom stereocenters. The fourth-order valence-electron chi connectivity index (χ4n) is 4.18. The second-order valence-electron chi connectivity index (χ2n) is 6.44. The van der Waals surface area contributed by atoms with Crippen molar-refractivity contribution in [3.05, 3.63) is 36.4 Å². The maximum Gasteiger partial charge on any atom is 0.308 e. The highest BCUT2D eigenvalue weighted by Crippen LogP contribution is 2.50. The van der Waals surface area contributed by atoms with Gasteiger partial charge in [0.2, 0.25) is 11.8 Å². The molecular formula is C18H17NO4. The van der Waals surface area contributed by atoms with Crippen molar-refractivity contribution in [3.8, 4) is 5.75 Å². The van der Waals surface area contributed by atoms with Gasteiger partial charge in [0.25, 0.3) is 0 Å². The normalized spacial score (nSPS) is 31.4. The van der Waals surface area contributed by atoms with Crippen molar-refractivity contribution in [2.75, 3.05) is 4.90 Å². The van der Waals surface area contributed by atoms with Gasteiger partial charge in [-0.1, -0.05) is 18.2 Å². The van der Waals surface area contributed by atoms with Crippen molar-refractivity contribution >= 4 is 23.5 Å². The number of anilines is 1. The average Bonchev–Trinajstić information content (AvgIpc) is 2.82. The van der Waals surface area contributed by atoms with Crippen LogP contribution in [0.1, 0.15) is 19.8 Å². The van der Waals surface area contributed by atoms with Crippen LogP contribution in [0.2, 0.25) is 0 Å². The van der Waals surface area contributed by atoms with Gasteiger partial charge in [0.05, 0.1) is 17.5 Å². The third-order valence-corrected chi connectivity index (χ3v) is 5.10. The molecule has 5 nitrogen and oxygen atoms in total. The number of allylic oxidation sites excluding steroid dienone is 2. The molecule has 1 aromatic carbocycles. The molecular weight excluding hydrogens is 294 g/mol. The molecule has 23 heavy (non-hydrogen) atoms. The molecule has 5 rings (SSSR count). The molecule has 1 saturated heterocycles. The van der Waals surface area contributed by atoms with E-state index in [0.29, 0.717) is 11.4 Å². The van der Waals surface area contributed by atoms with Gasteiger partial charge in [0.1, 0.15) is 5.75 Å². The van der Waals surface area contributed by atoms with Crippen molar-refractivity contribution < 1.29 is 19.1 Å². The lowest BCUT2D eigenvalue weighted by Gasteiger charge is -2.38. The molecule has 2 amide bonds. The lowest BCUT2D eigenvalue weighted by Crippen LogP contribution is -2.38. The summed E-state index contributed by atoms with van der Waals surface area (Å²) in [5, 5.41) is 0. The quantitative estimate of drug-likeness (QED) is 0.364. The third-order valence-electron chi connectivity index (χ3n) is 5.10. The first-order valence-electron chi connectivity index (χ1n) is 7.91. The first-order valence-corrected chi connectivity index (χ1v) is 7.91. The van der Waals surface area contributed by atoms with Crippen LogP contribution in [0.5, 0.6) is 5.75 Å². The highest BCUT2D eigenvalue weighted by Gasteiger charge is 2.56. The van der Waals surface area contributed by atoms with Crippen molar-refractivity contribution in [2.24, 2.45) is 23.7 Å². The van der Waals surface area contributed by atoms with E-state index >= 15 is 0 Å². The largest absolute Gasteiger partial charge is 0.427 e. The van der Waals surface area contributed by atoms with E-state index in [1.54, 1.807) is 24.3 Å². The summed E-state index contributed by atoms with van der Waals surface area (Å²) in [6, 6.07) is 6.59. The maximum atomic E-state index is 12.8. The first-order chi connectivity index (χ1) is 11.1. The van der Waals surface area contributed by atoms with Gasteiger partial charge in [-0.05, 0) is 36.8 Å². The van der Waals surface area contributed by atoms with E-state index in [-0.39, 0.29) is 35.5 Å². The predicted molar refractivity (Wildman–Crippen MR) is 82.6 cm³/mol. The van der Waals surface area contributed by atoms with E-state index in [0.717, 1.165) is 12.8 Å². The molecule has 2 fully saturated rings. The van der Waals surface area contributed by atoms with E-state index in [2.05, 4.69) is 12.2 Å². The minimum absolute atomic E-state index is 0.126. The summed E-state index contributed by atoms with van der Waals surface area (Å²) in [6.45, 7) is 1.32. The number of rotatable bonds is 2. The van der Waals surface area contributed by atoms with Crippen molar-refractivity contribution in [1.82, 2.24) is 0 Å². The molecule has 3 aliphatic carbocycles. The number of amides is 2. The molecule has 118 valence electrons. The van der Waals surface area contributed by atoms with Crippen LogP contribution >= 0.6 is 0 Å². The average molecular weight is 311 g/mol. The van der Waals surface area contributed by atoms with E-state index in [1.165, 1.54) is 11.8 Å². The number of hydrogen-bond acceptors (Lipinski definition) is 4. The standard InChI is InChI=1S/C18H17NO4/c1-10(20)23-14-4-2-3-13(9-14)19-17(21)15-11-5-6-12(8-7-11)16(15)18(19)22/h2-6,9,11-12,15-16H,7-8H2,1H3/t11-,12-,15+,16+/m0/s1. The third kappa shape index (κ3) is 2.11. The number of carbonyl (C=O) groups is 3. The topological polar surface area (TPSA) is 63.7 Å². The Morgan fingerprint density at radius 3 is 2.22 bits per heavy atom. The van der Waals surface area contributed by atoms with Gasteiger partial charge in [0.15, 0.2) is 0 Å². The molecule has 0 radical (unpaired) electrons. The first kappa shape index (κ1) is 14.2. The molecule has 2 bridgehead atoms. The Kier molecular flexibility index (Phi) is 3.11. The van der Waals surface area contributed by atoms with Gasteiger partial charge in [-0.3, -0.25) is 14.4 Å². The number of esters is 1. The number of nitrogens with zero attached hydrogens (tertiary/aromatic N) is 1. The molecule has 0 aromatic heterocycles. The molecule has 0 unspecified atom stereocenters. The van der Waals surface area contributed by atoms with Crippen LogP contribution in [0, 0.1) is 23.7 Å². The molecule has 1 saturated carbocycles. The summed E-state index contributed by atoms with van der Waals surface area (Å²) in [7, 11) is 0. The second-order valence-corrected chi connectivity index (χ2v) is 6.44. The number of hydrogen-bond donors (Lipinski definition) is 0. The zero-order chi connectivity index (χ0) is 16.1. The monoisotopic (exact) mass is 311 g/mol. The van der Waals surface area contributed by atoms with Crippen LogP contribution in [-0.4, -0.2) is 17.8 Å². The van der Waals surface area contributed by atoms with Gasteiger partial charge in [-0.25, -0.2) is 4.90 Å². The smallest absolute Gasteiger partial charge is 0.308 e. The Hall–Kier alpha value is -2.43. The van der Waals surface area contributed by atoms with Gasteiger partial charge in [-0.15, -0.1) is 0 Å². The molecule has 0 spiro atoms. The fourth-order valence-corrected chi connectivity index (χ4v) is 4.18. The van der Waals surface area contributed by atoms with Crippen LogP contribution in [0.3, 0.4) is 0 Å². The fraction of sp³-hybridized carbons (Fsp3) is 0.389. The van der Waals surface area contributed by atoms with Crippen LogP contribution in [0.25, 0.3) is 0 Å². The Morgan fingerprint density at radius 2 is 1.70 bits per heavy atom. The Morgan fingerprint density at radius 1 is 1.09 bits per heavy atom. The Labute approximate surface area is 133 Å². The Balaban J connectivity index is 1.69.